The van der Waals surface area contributed by atoms with Gasteiger partial charge in [0.15, 0.2) is 10.7 Å². The van der Waals surface area contributed by atoms with E-state index in [9.17, 15) is 0 Å². The van der Waals surface area contributed by atoms with Crippen molar-refractivity contribution in [2.75, 3.05) is 0 Å². The number of hydrogen-bond donors (Lipinski definition) is 0. The zero-order valence-corrected chi connectivity index (χ0v) is 14.4. The van der Waals surface area contributed by atoms with Crippen molar-refractivity contribution in [3.63, 3.8) is 0 Å². The van der Waals surface area contributed by atoms with Crippen molar-refractivity contribution in [1.29, 1.82) is 0 Å². The van der Waals surface area contributed by atoms with Gasteiger partial charge in [0, 0.05) is 12.4 Å². The predicted molar refractivity (Wildman–Crippen MR) is 96.6 cm³/mol. The molecule has 0 aliphatic carbocycles. The van der Waals surface area contributed by atoms with Crippen LogP contribution in [-0.4, -0.2) is 14.5 Å². The number of aromatic nitrogens is 3. The maximum absolute atomic E-state index is 5.78. The first-order valence-corrected chi connectivity index (χ1v) is 8.77. The number of thioether (sulfide) groups is 1. The summed E-state index contributed by atoms with van der Waals surface area (Å²) in [6.45, 7) is 4.23. The third-order valence-electron chi connectivity index (χ3n) is 3.88. The maximum atomic E-state index is 5.78. The van der Waals surface area contributed by atoms with Gasteiger partial charge < -0.3 is 4.42 Å². The molecule has 0 amide bonds. The molecule has 2 aromatic carbocycles. The number of benzene rings is 2. The van der Waals surface area contributed by atoms with Crippen LogP contribution in [0.25, 0.3) is 16.8 Å². The van der Waals surface area contributed by atoms with Crippen molar-refractivity contribution < 1.29 is 4.42 Å². The van der Waals surface area contributed by atoms with Crippen LogP contribution in [0.15, 0.2) is 64.4 Å². The van der Waals surface area contributed by atoms with Crippen LogP contribution in [-0.2, 0) is 5.75 Å². The van der Waals surface area contributed by atoms with E-state index in [0.29, 0.717) is 5.75 Å². The van der Waals surface area contributed by atoms with E-state index < -0.39 is 0 Å². The molecule has 24 heavy (non-hydrogen) atoms. The highest BCUT2D eigenvalue weighted by atomic mass is 32.2. The lowest BCUT2D eigenvalue weighted by Gasteiger charge is -2.10. The van der Waals surface area contributed by atoms with Gasteiger partial charge in [0.25, 0.3) is 0 Å². The summed E-state index contributed by atoms with van der Waals surface area (Å²) in [4.78, 5) is 9.00. The summed E-state index contributed by atoms with van der Waals surface area (Å²) in [6.07, 6.45) is 3.82. The number of nitrogens with zero attached hydrogens (tertiary/aromatic N) is 3. The van der Waals surface area contributed by atoms with Gasteiger partial charge in [-0.25, -0.2) is 9.97 Å². The number of hydrogen-bond acceptors (Lipinski definition) is 4. The van der Waals surface area contributed by atoms with E-state index in [-0.39, 0.29) is 0 Å². The standard InChI is InChI=1S/C19H17N3OS/c1-13-7-8-16(14(2)11-13)22-10-9-20-19(22)24-12-18-21-15-5-3-4-6-17(15)23-18/h3-11H,12H2,1-2H3. The van der Waals surface area contributed by atoms with E-state index in [1.54, 1.807) is 11.8 Å². The fourth-order valence-corrected chi connectivity index (χ4v) is 3.57. The molecule has 0 saturated carbocycles. The number of aryl methyl sites for hydroxylation is 2. The summed E-state index contributed by atoms with van der Waals surface area (Å²) >= 11 is 1.63. The average molecular weight is 335 g/mol. The molecule has 0 unspecified atom stereocenters. The Labute approximate surface area is 144 Å². The summed E-state index contributed by atoms with van der Waals surface area (Å²) in [5.41, 5.74) is 5.36. The summed E-state index contributed by atoms with van der Waals surface area (Å²) in [6, 6.07) is 14.3. The first-order valence-electron chi connectivity index (χ1n) is 7.79. The van der Waals surface area contributed by atoms with Gasteiger partial charge in [-0.2, -0.15) is 0 Å². The Kier molecular flexibility index (Phi) is 3.86. The molecule has 0 saturated heterocycles. The number of para-hydroxylation sites is 2. The van der Waals surface area contributed by atoms with Gasteiger partial charge in [-0.3, -0.25) is 4.57 Å². The molecule has 0 fully saturated rings. The Morgan fingerprint density at radius 2 is 2.00 bits per heavy atom. The van der Waals surface area contributed by atoms with Crippen molar-refractivity contribution in [2.45, 2.75) is 24.8 Å². The normalized spacial score (nSPS) is 11.2. The lowest BCUT2D eigenvalue weighted by Crippen LogP contribution is -1.98. The van der Waals surface area contributed by atoms with E-state index >= 15 is 0 Å². The third kappa shape index (κ3) is 2.83. The highest BCUT2D eigenvalue weighted by Crippen LogP contribution is 2.27. The Hall–Kier alpha value is -2.53. The van der Waals surface area contributed by atoms with E-state index in [2.05, 4.69) is 46.6 Å². The monoisotopic (exact) mass is 335 g/mol. The number of rotatable bonds is 4. The molecule has 0 aliphatic heterocycles. The largest absolute Gasteiger partial charge is 0.440 e. The summed E-state index contributed by atoms with van der Waals surface area (Å²) in [5.74, 6) is 1.37. The number of imidazole rings is 1. The SMILES string of the molecule is Cc1ccc(-n2ccnc2SCc2nc3ccccc3o2)c(C)c1. The van der Waals surface area contributed by atoms with Crippen molar-refractivity contribution >= 4 is 22.9 Å². The lowest BCUT2D eigenvalue weighted by molar-refractivity contribution is 0.556. The van der Waals surface area contributed by atoms with Gasteiger partial charge in [0.05, 0.1) is 11.4 Å². The van der Waals surface area contributed by atoms with Crippen molar-refractivity contribution in [3.8, 4) is 5.69 Å². The molecular formula is C19H17N3OS. The molecule has 0 atom stereocenters. The molecule has 4 aromatic rings. The minimum absolute atomic E-state index is 0.649. The van der Waals surface area contributed by atoms with Crippen LogP contribution in [0.4, 0.5) is 0 Å². The molecule has 5 heteroatoms. The molecule has 0 aliphatic rings. The second-order valence-corrected chi connectivity index (χ2v) is 6.68. The predicted octanol–water partition coefficient (Wildman–Crippen LogP) is 4.92. The van der Waals surface area contributed by atoms with Crippen LogP contribution in [0, 0.1) is 13.8 Å². The number of fused-ring (bicyclic) bond motifs is 1. The summed E-state index contributed by atoms with van der Waals surface area (Å²) < 4.78 is 7.90. The zero-order chi connectivity index (χ0) is 16.5. The zero-order valence-electron chi connectivity index (χ0n) is 13.6. The van der Waals surface area contributed by atoms with Gasteiger partial charge in [0.1, 0.15) is 5.52 Å². The highest BCUT2D eigenvalue weighted by Gasteiger charge is 2.11. The Bertz CT molecular complexity index is 970. The van der Waals surface area contributed by atoms with Gasteiger partial charge in [-0.05, 0) is 37.6 Å². The van der Waals surface area contributed by atoms with Crippen LogP contribution in [0.5, 0.6) is 0 Å². The highest BCUT2D eigenvalue weighted by molar-refractivity contribution is 7.98. The van der Waals surface area contributed by atoms with Gasteiger partial charge in [0.2, 0.25) is 5.89 Å². The molecule has 0 bridgehead atoms. The van der Waals surface area contributed by atoms with E-state index in [1.807, 2.05) is 36.7 Å². The second-order valence-electron chi connectivity index (χ2n) is 5.73. The van der Waals surface area contributed by atoms with Crippen LogP contribution in [0.2, 0.25) is 0 Å². The van der Waals surface area contributed by atoms with Crippen LogP contribution in [0.1, 0.15) is 17.0 Å². The van der Waals surface area contributed by atoms with E-state index in [4.69, 9.17) is 4.42 Å². The van der Waals surface area contributed by atoms with E-state index in [1.165, 1.54) is 11.1 Å². The minimum Gasteiger partial charge on any atom is -0.440 e. The lowest BCUT2D eigenvalue weighted by atomic mass is 10.1. The molecule has 0 radical (unpaired) electrons. The van der Waals surface area contributed by atoms with Crippen molar-refractivity contribution in [2.24, 2.45) is 0 Å². The van der Waals surface area contributed by atoms with Crippen LogP contribution in [0.3, 0.4) is 0 Å². The summed E-state index contributed by atoms with van der Waals surface area (Å²) in [7, 11) is 0. The van der Waals surface area contributed by atoms with Crippen molar-refractivity contribution in [1.82, 2.24) is 14.5 Å². The van der Waals surface area contributed by atoms with Crippen molar-refractivity contribution in [3.05, 3.63) is 71.9 Å². The summed E-state index contributed by atoms with van der Waals surface area (Å²) in [5, 5.41) is 0.934. The minimum atomic E-state index is 0.649. The Morgan fingerprint density at radius 3 is 2.83 bits per heavy atom. The first kappa shape index (κ1) is 15.0. The maximum Gasteiger partial charge on any atom is 0.205 e. The topological polar surface area (TPSA) is 43.9 Å². The molecule has 2 aromatic heterocycles. The molecule has 2 heterocycles. The molecule has 4 nitrogen and oxygen atoms in total. The quantitative estimate of drug-likeness (QED) is 0.496. The van der Waals surface area contributed by atoms with Crippen LogP contribution < -0.4 is 0 Å². The first-order chi connectivity index (χ1) is 11.7. The molecule has 0 N–H and O–H groups in total. The third-order valence-corrected chi connectivity index (χ3v) is 4.83. The second kappa shape index (κ2) is 6.17. The Balaban J connectivity index is 1.58. The van der Waals surface area contributed by atoms with Crippen LogP contribution >= 0.6 is 11.8 Å². The molecular weight excluding hydrogens is 318 g/mol. The van der Waals surface area contributed by atoms with Gasteiger partial charge in [-0.1, -0.05) is 41.6 Å². The Morgan fingerprint density at radius 1 is 1.12 bits per heavy atom. The fraction of sp³-hybridized carbons (Fsp3) is 0.158. The smallest absolute Gasteiger partial charge is 0.205 e. The van der Waals surface area contributed by atoms with Gasteiger partial charge >= 0.3 is 0 Å². The number of oxazole rings is 1. The molecule has 4 rings (SSSR count). The molecule has 0 spiro atoms. The molecule has 120 valence electrons. The average Bonchev–Trinajstić information content (AvgIpc) is 3.19. The van der Waals surface area contributed by atoms with Gasteiger partial charge in [-0.15, -0.1) is 0 Å². The van der Waals surface area contributed by atoms with E-state index in [0.717, 1.165) is 27.8 Å². The fourth-order valence-electron chi connectivity index (χ4n) is 2.76.